The quantitative estimate of drug-likeness (QED) is 0.314. The molecule has 0 radical (unpaired) electrons. The molecule has 3 aromatic heterocycles. The maximum atomic E-state index is 13.6. The standard InChI is InChI=1S/C25H18Cl2N2O4S2/c1-3-32-24(31)21-13(2)28-25-29(23(30)20(35-25)12-15-5-4-10-34-15)22(21)19-9-8-18(33-19)14-6-7-16(26)17(27)11-14/h4-12,22H,3H2,1-2H3/b20-12-/t22-/m1/s1. The number of esters is 1. The summed E-state index contributed by atoms with van der Waals surface area (Å²) in [5, 5.41) is 2.78. The Balaban J connectivity index is 1.69. The van der Waals surface area contributed by atoms with Crippen LogP contribution in [-0.2, 0) is 9.53 Å². The minimum Gasteiger partial charge on any atom is -0.463 e. The van der Waals surface area contributed by atoms with Crippen LogP contribution in [0.4, 0.5) is 0 Å². The molecule has 10 heteroatoms. The molecule has 35 heavy (non-hydrogen) atoms. The summed E-state index contributed by atoms with van der Waals surface area (Å²) in [6, 6.07) is 11.7. The van der Waals surface area contributed by atoms with Crippen molar-refractivity contribution in [2.24, 2.45) is 4.99 Å². The van der Waals surface area contributed by atoms with E-state index in [4.69, 9.17) is 32.4 Å². The lowest BCUT2D eigenvalue weighted by Gasteiger charge is -2.22. The van der Waals surface area contributed by atoms with Crippen molar-refractivity contribution < 1.29 is 13.9 Å². The summed E-state index contributed by atoms with van der Waals surface area (Å²) in [6.07, 6.45) is 1.83. The van der Waals surface area contributed by atoms with Gasteiger partial charge in [0.15, 0.2) is 4.80 Å². The molecule has 0 bridgehead atoms. The lowest BCUT2D eigenvalue weighted by molar-refractivity contribution is -0.139. The maximum Gasteiger partial charge on any atom is 0.338 e. The van der Waals surface area contributed by atoms with E-state index in [9.17, 15) is 9.59 Å². The van der Waals surface area contributed by atoms with Crippen LogP contribution in [-0.4, -0.2) is 17.1 Å². The lowest BCUT2D eigenvalue weighted by Crippen LogP contribution is -2.39. The summed E-state index contributed by atoms with van der Waals surface area (Å²) in [5.74, 6) is 0.392. The average molecular weight is 545 g/mol. The number of carbonyl (C=O) groups is 1. The fourth-order valence-corrected chi connectivity index (χ4v) is 5.94. The number of furan rings is 1. The van der Waals surface area contributed by atoms with E-state index in [1.54, 1.807) is 44.2 Å². The second-order valence-electron chi connectivity index (χ2n) is 7.65. The first-order valence-corrected chi connectivity index (χ1v) is 13.1. The van der Waals surface area contributed by atoms with Gasteiger partial charge in [-0.1, -0.05) is 40.6 Å². The number of benzene rings is 1. The lowest BCUT2D eigenvalue weighted by atomic mass is 10.0. The van der Waals surface area contributed by atoms with Crippen molar-refractivity contribution in [3.8, 4) is 11.3 Å². The molecule has 0 saturated heterocycles. The summed E-state index contributed by atoms with van der Waals surface area (Å²) in [5.41, 5.74) is 1.20. The molecule has 0 spiro atoms. The zero-order valence-electron chi connectivity index (χ0n) is 18.6. The summed E-state index contributed by atoms with van der Waals surface area (Å²) in [6.45, 7) is 3.66. The molecule has 1 aliphatic heterocycles. The molecule has 0 amide bonds. The first kappa shape index (κ1) is 23.8. The highest BCUT2D eigenvalue weighted by atomic mass is 35.5. The number of thiazole rings is 1. The van der Waals surface area contributed by atoms with Gasteiger partial charge in [-0.15, -0.1) is 11.3 Å². The van der Waals surface area contributed by atoms with Crippen LogP contribution in [0.25, 0.3) is 17.4 Å². The highest BCUT2D eigenvalue weighted by Crippen LogP contribution is 2.35. The molecule has 0 saturated carbocycles. The van der Waals surface area contributed by atoms with E-state index in [0.717, 1.165) is 4.88 Å². The molecular weight excluding hydrogens is 527 g/mol. The molecule has 0 aliphatic carbocycles. The minimum atomic E-state index is -0.827. The first-order valence-electron chi connectivity index (χ1n) is 10.7. The molecular formula is C25H18Cl2N2O4S2. The fraction of sp³-hybridized carbons (Fsp3) is 0.160. The van der Waals surface area contributed by atoms with Crippen molar-refractivity contribution >= 4 is 57.9 Å². The van der Waals surface area contributed by atoms with Crippen LogP contribution >= 0.6 is 45.9 Å². The maximum absolute atomic E-state index is 13.6. The fourth-order valence-electron chi connectivity index (χ4n) is 3.87. The Morgan fingerprint density at radius 1 is 1.23 bits per heavy atom. The van der Waals surface area contributed by atoms with Gasteiger partial charge in [-0.05, 0) is 61.7 Å². The van der Waals surface area contributed by atoms with Gasteiger partial charge in [-0.2, -0.15) is 0 Å². The summed E-state index contributed by atoms with van der Waals surface area (Å²) < 4.78 is 13.5. The monoisotopic (exact) mass is 544 g/mol. The molecule has 0 unspecified atom stereocenters. The predicted octanol–water partition coefficient (Wildman–Crippen LogP) is 5.43. The van der Waals surface area contributed by atoms with Crippen molar-refractivity contribution in [1.82, 2.24) is 4.57 Å². The molecule has 178 valence electrons. The van der Waals surface area contributed by atoms with Gasteiger partial charge < -0.3 is 9.15 Å². The van der Waals surface area contributed by atoms with Crippen LogP contribution in [0.15, 0.2) is 73.3 Å². The zero-order chi connectivity index (χ0) is 24.7. The average Bonchev–Trinajstić information content (AvgIpc) is 3.57. The molecule has 5 rings (SSSR count). The van der Waals surface area contributed by atoms with Gasteiger partial charge in [0.25, 0.3) is 5.56 Å². The number of hydrogen-bond donors (Lipinski definition) is 0. The van der Waals surface area contributed by atoms with Crippen molar-refractivity contribution in [3.63, 3.8) is 0 Å². The van der Waals surface area contributed by atoms with E-state index in [-0.39, 0.29) is 17.7 Å². The topological polar surface area (TPSA) is 73.8 Å². The number of allylic oxidation sites excluding steroid dienone is 1. The van der Waals surface area contributed by atoms with Gasteiger partial charge in [0.2, 0.25) is 0 Å². The van der Waals surface area contributed by atoms with Crippen molar-refractivity contribution in [1.29, 1.82) is 0 Å². The van der Waals surface area contributed by atoms with E-state index in [1.807, 2.05) is 23.6 Å². The Morgan fingerprint density at radius 3 is 2.77 bits per heavy atom. The number of ether oxygens (including phenoxy) is 1. The number of halogens is 2. The normalized spacial score (nSPS) is 15.8. The second-order valence-corrected chi connectivity index (χ2v) is 10.5. The largest absolute Gasteiger partial charge is 0.463 e. The molecule has 1 aliphatic rings. The van der Waals surface area contributed by atoms with Crippen LogP contribution in [0, 0.1) is 0 Å². The molecule has 1 aromatic carbocycles. The summed E-state index contributed by atoms with van der Waals surface area (Å²) in [4.78, 5) is 32.6. The van der Waals surface area contributed by atoms with Gasteiger partial charge in [-0.3, -0.25) is 9.36 Å². The first-order chi connectivity index (χ1) is 16.9. The third-order valence-corrected chi connectivity index (χ3v) is 7.98. The van der Waals surface area contributed by atoms with E-state index in [0.29, 0.717) is 42.2 Å². The zero-order valence-corrected chi connectivity index (χ0v) is 21.7. The Morgan fingerprint density at radius 2 is 2.06 bits per heavy atom. The molecule has 1 atom stereocenters. The van der Waals surface area contributed by atoms with Crippen molar-refractivity contribution in [2.45, 2.75) is 19.9 Å². The van der Waals surface area contributed by atoms with Gasteiger partial charge in [-0.25, -0.2) is 9.79 Å². The number of nitrogens with zero attached hydrogens (tertiary/aromatic N) is 2. The smallest absolute Gasteiger partial charge is 0.338 e. The highest BCUT2D eigenvalue weighted by Gasteiger charge is 2.35. The van der Waals surface area contributed by atoms with Crippen molar-refractivity contribution in [2.75, 3.05) is 6.61 Å². The summed E-state index contributed by atoms with van der Waals surface area (Å²) >= 11 is 15.0. The molecule has 6 nitrogen and oxygen atoms in total. The minimum absolute atomic E-state index is 0.192. The molecule has 4 aromatic rings. The predicted molar refractivity (Wildman–Crippen MR) is 139 cm³/mol. The van der Waals surface area contributed by atoms with E-state index < -0.39 is 12.0 Å². The van der Waals surface area contributed by atoms with E-state index >= 15 is 0 Å². The van der Waals surface area contributed by atoms with Gasteiger partial charge in [0.05, 0.1) is 32.5 Å². The number of rotatable bonds is 5. The Bertz CT molecular complexity index is 1640. The van der Waals surface area contributed by atoms with Crippen LogP contribution in [0.1, 0.15) is 30.5 Å². The molecule has 0 fully saturated rings. The number of aromatic nitrogens is 1. The number of hydrogen-bond acceptors (Lipinski definition) is 7. The third kappa shape index (κ3) is 4.43. The van der Waals surface area contributed by atoms with Gasteiger partial charge in [0, 0.05) is 10.4 Å². The van der Waals surface area contributed by atoms with Crippen LogP contribution < -0.4 is 14.9 Å². The SMILES string of the molecule is CCOC(=O)C1=C(C)N=c2s/c(=C\c3cccs3)c(=O)n2[C@@H]1c1ccc(-c2ccc(Cl)c(Cl)c2)o1. The molecule has 4 heterocycles. The third-order valence-electron chi connectivity index (χ3n) is 5.43. The van der Waals surface area contributed by atoms with E-state index in [2.05, 4.69) is 4.99 Å². The van der Waals surface area contributed by atoms with Crippen LogP contribution in [0.5, 0.6) is 0 Å². The number of fused-ring (bicyclic) bond motifs is 1. The Hall–Kier alpha value is -2.91. The van der Waals surface area contributed by atoms with Crippen LogP contribution in [0.2, 0.25) is 10.0 Å². The molecule has 0 N–H and O–H groups in total. The van der Waals surface area contributed by atoms with Gasteiger partial charge in [0.1, 0.15) is 17.6 Å². The van der Waals surface area contributed by atoms with Gasteiger partial charge >= 0.3 is 5.97 Å². The summed E-state index contributed by atoms with van der Waals surface area (Å²) in [7, 11) is 0. The second kappa shape index (κ2) is 9.62. The highest BCUT2D eigenvalue weighted by molar-refractivity contribution is 7.11. The Labute approximate surface area is 218 Å². The number of carbonyl (C=O) groups excluding carboxylic acids is 1. The van der Waals surface area contributed by atoms with Crippen molar-refractivity contribution in [3.05, 3.63) is 99.5 Å². The number of thiophene rings is 1. The van der Waals surface area contributed by atoms with Crippen LogP contribution in [0.3, 0.4) is 0 Å². The van der Waals surface area contributed by atoms with E-state index in [1.165, 1.54) is 27.2 Å². The Kier molecular flexibility index (Phi) is 6.55.